The third kappa shape index (κ3) is 10.9. The van der Waals surface area contributed by atoms with Crippen molar-refractivity contribution in [3.05, 3.63) is 12.7 Å². The van der Waals surface area contributed by atoms with Crippen molar-refractivity contribution < 1.29 is 166 Å². The van der Waals surface area contributed by atoms with Gasteiger partial charge in [0.15, 0.2) is 11.5 Å². The Balaban J connectivity index is -0.00000168. The Morgan fingerprint density at radius 2 is 1.75 bits per heavy atom. The minimum atomic E-state index is -5.40. The molecule has 21 heteroatoms. The van der Waals surface area contributed by atoms with Crippen LogP contribution in [-0.4, -0.2) is 50.9 Å². The van der Waals surface area contributed by atoms with Crippen molar-refractivity contribution in [1.29, 1.82) is 0 Å². The molecule has 0 spiro atoms. The first-order valence-electron chi connectivity index (χ1n) is 7.45. The molecule has 2 aromatic heterocycles. The summed E-state index contributed by atoms with van der Waals surface area (Å²) < 4.78 is 37.2. The molecule has 0 unspecified atom stereocenters. The van der Waals surface area contributed by atoms with Gasteiger partial charge in [0.1, 0.15) is 24.2 Å². The number of imidazole rings is 1. The number of aromatic nitrogens is 4. The Bertz CT molecular complexity index is 930. The Hall–Kier alpha value is 2.49. The van der Waals surface area contributed by atoms with Gasteiger partial charge in [0, 0.05) is 13.5 Å². The second-order valence-corrected chi connectivity index (χ2v) is 7.75. The second kappa shape index (κ2) is 16.4. The standard InChI is InChI=1S/C11H17N5O9P2.4Na.H2O/c1-12-10-9-11(14-4-13-10)16(5-15-9)8-2-6(25-27(20,21)22)7(24-8)3-23-26(17,18)19;;;;;/h4-8H,2-3H2,1H3,(H,12,13,14)(H2,17,18,19)(H2,20,21,22);;;;;1H2/q;4*+1;/p-4/t6-,7+,8+;;;;;/m0...../s1. The third-order valence-corrected chi connectivity index (χ3v) is 4.74. The molecule has 2 aromatic rings. The van der Waals surface area contributed by atoms with Gasteiger partial charge in [-0.15, -0.1) is 0 Å². The summed E-state index contributed by atoms with van der Waals surface area (Å²) in [7, 11) is -9.10. The van der Waals surface area contributed by atoms with Crippen molar-refractivity contribution in [1.82, 2.24) is 19.5 Å². The van der Waals surface area contributed by atoms with E-state index in [1.165, 1.54) is 17.2 Å². The fourth-order valence-electron chi connectivity index (χ4n) is 2.71. The van der Waals surface area contributed by atoms with Gasteiger partial charge in [-0.3, -0.25) is 4.57 Å². The maximum Gasteiger partial charge on any atom is 1.00 e. The molecule has 15 nitrogen and oxygen atoms in total. The minimum Gasteiger partial charge on any atom is -0.790 e. The van der Waals surface area contributed by atoms with Crippen LogP contribution >= 0.6 is 15.6 Å². The molecule has 3 N–H and O–H groups in total. The summed E-state index contributed by atoms with van der Waals surface area (Å²) in [4.78, 5) is 55.5. The number of hydrogen-bond acceptors (Lipinski definition) is 13. The Kier molecular flexibility index (Phi) is 19.9. The Labute approximate surface area is 271 Å². The number of ether oxygens (including phenoxy) is 1. The summed E-state index contributed by atoms with van der Waals surface area (Å²) in [5.74, 6) is 0.437. The molecule has 0 aromatic carbocycles. The van der Waals surface area contributed by atoms with Gasteiger partial charge in [-0.1, -0.05) is 0 Å². The van der Waals surface area contributed by atoms with Crippen LogP contribution < -0.4 is 143 Å². The van der Waals surface area contributed by atoms with E-state index < -0.39 is 40.7 Å². The van der Waals surface area contributed by atoms with Crippen LogP contribution in [0.25, 0.3) is 11.2 Å². The van der Waals surface area contributed by atoms with Gasteiger partial charge >= 0.3 is 118 Å². The van der Waals surface area contributed by atoms with Crippen LogP contribution in [0.15, 0.2) is 12.7 Å². The topological polar surface area (TPSA) is 241 Å². The summed E-state index contributed by atoms with van der Waals surface area (Å²) in [5.41, 5.74) is 0.744. The first-order chi connectivity index (χ1) is 12.6. The molecule has 3 rings (SSSR count). The summed E-state index contributed by atoms with van der Waals surface area (Å²) in [5, 5.41) is 2.83. The van der Waals surface area contributed by atoms with E-state index in [0.717, 1.165) is 0 Å². The van der Waals surface area contributed by atoms with Crippen LogP contribution in [0.1, 0.15) is 12.6 Å². The van der Waals surface area contributed by atoms with E-state index in [1.807, 2.05) is 0 Å². The molecule has 0 amide bonds. The molecule has 32 heavy (non-hydrogen) atoms. The number of nitrogens with one attached hydrogen (secondary N) is 1. The smallest absolute Gasteiger partial charge is 0.790 e. The fraction of sp³-hybridized carbons (Fsp3) is 0.545. The molecule has 158 valence electrons. The van der Waals surface area contributed by atoms with Crippen LogP contribution in [0.4, 0.5) is 5.82 Å². The molecule has 3 atom stereocenters. The molecule has 1 aliphatic rings. The van der Waals surface area contributed by atoms with Crippen LogP contribution in [0.2, 0.25) is 0 Å². The average molecular weight is 531 g/mol. The molecule has 3 heterocycles. The number of anilines is 1. The first kappa shape index (κ1) is 39.0. The third-order valence-electron chi connectivity index (χ3n) is 3.75. The number of hydrogen-bond donors (Lipinski definition) is 1. The van der Waals surface area contributed by atoms with Crippen molar-refractivity contribution in [3.8, 4) is 0 Å². The minimum absolute atomic E-state index is 0. The zero-order valence-corrected chi connectivity index (χ0v) is 27.9. The maximum atomic E-state index is 11.0. The van der Waals surface area contributed by atoms with E-state index in [9.17, 15) is 28.7 Å². The van der Waals surface area contributed by atoms with Crippen LogP contribution in [0.5, 0.6) is 0 Å². The van der Waals surface area contributed by atoms with E-state index in [2.05, 4.69) is 29.3 Å². The summed E-state index contributed by atoms with van der Waals surface area (Å²) >= 11 is 0. The number of phosphoric acid groups is 2. The molecule has 1 fully saturated rings. The van der Waals surface area contributed by atoms with Crippen molar-refractivity contribution in [2.24, 2.45) is 0 Å². The van der Waals surface area contributed by atoms with E-state index >= 15 is 0 Å². The number of phosphoric ester groups is 2. The zero-order valence-electron chi connectivity index (χ0n) is 18.2. The quantitative estimate of drug-likeness (QED) is 0.258. The molecule has 0 radical (unpaired) electrons. The summed E-state index contributed by atoms with van der Waals surface area (Å²) in [6.07, 6.45) is -1.10. The first-order valence-corrected chi connectivity index (χ1v) is 10.4. The normalized spacial score (nSPS) is 20.1. The number of rotatable bonds is 7. The summed E-state index contributed by atoms with van der Waals surface area (Å²) in [6.45, 7) is -0.811. The van der Waals surface area contributed by atoms with E-state index in [1.54, 1.807) is 7.05 Å². The van der Waals surface area contributed by atoms with Gasteiger partial charge in [0.25, 0.3) is 0 Å². The Morgan fingerprint density at radius 1 is 1.12 bits per heavy atom. The van der Waals surface area contributed by atoms with Crippen molar-refractivity contribution >= 4 is 32.6 Å². The number of fused-ring (bicyclic) bond motifs is 1. The van der Waals surface area contributed by atoms with Crippen LogP contribution in [0.3, 0.4) is 0 Å². The zero-order chi connectivity index (χ0) is 19.8. The maximum absolute atomic E-state index is 11.0. The van der Waals surface area contributed by atoms with Crippen molar-refractivity contribution in [3.63, 3.8) is 0 Å². The van der Waals surface area contributed by atoms with Crippen LogP contribution in [-0.2, 0) is 22.9 Å². The van der Waals surface area contributed by atoms with Gasteiger partial charge in [-0.05, 0) is 0 Å². The van der Waals surface area contributed by atoms with E-state index in [0.29, 0.717) is 17.0 Å². The molecular formula is C11H15N5Na4O10P2. The van der Waals surface area contributed by atoms with Gasteiger partial charge < -0.3 is 53.3 Å². The van der Waals surface area contributed by atoms with Gasteiger partial charge in [0.2, 0.25) is 0 Å². The van der Waals surface area contributed by atoms with Crippen molar-refractivity contribution in [2.75, 3.05) is 19.0 Å². The molecule has 0 bridgehead atoms. The second-order valence-electron chi connectivity index (χ2n) is 5.50. The monoisotopic (exact) mass is 531 g/mol. The molecule has 1 aliphatic heterocycles. The summed E-state index contributed by atoms with van der Waals surface area (Å²) in [6, 6.07) is 0. The predicted octanol–water partition coefficient (Wildman–Crippen LogP) is -15.6. The van der Waals surface area contributed by atoms with E-state index in [-0.39, 0.29) is 130 Å². The largest absolute Gasteiger partial charge is 1.00 e. The Morgan fingerprint density at radius 3 is 2.28 bits per heavy atom. The van der Waals surface area contributed by atoms with Crippen LogP contribution in [0, 0.1) is 0 Å². The molecular weight excluding hydrogens is 516 g/mol. The SMILES string of the molecule is CNc1ncnc2c1ncn2[C@H]1C[C@H](OP(=O)([O-])[O-])[C@@H](COP(=O)([O-])[O-])O1.O.[Na+].[Na+].[Na+].[Na+]. The van der Waals surface area contributed by atoms with Gasteiger partial charge in [0.05, 0.1) is 34.7 Å². The van der Waals surface area contributed by atoms with E-state index in [4.69, 9.17) is 4.74 Å². The van der Waals surface area contributed by atoms with Gasteiger partial charge in [-0.25, -0.2) is 15.0 Å². The fourth-order valence-corrected chi connectivity index (χ4v) is 3.59. The number of nitrogens with zero attached hydrogens (tertiary/aromatic N) is 4. The molecule has 1 saturated heterocycles. The average Bonchev–Trinajstić information content (AvgIpc) is 3.14. The molecule has 0 saturated carbocycles. The molecule has 0 aliphatic carbocycles. The predicted molar refractivity (Wildman–Crippen MR) is 83.0 cm³/mol. The van der Waals surface area contributed by atoms with Crippen molar-refractivity contribution in [2.45, 2.75) is 24.9 Å². The van der Waals surface area contributed by atoms with Gasteiger partial charge in [-0.2, -0.15) is 0 Å².